The summed E-state index contributed by atoms with van der Waals surface area (Å²) in [4.78, 5) is 4.26. The molecule has 0 radical (unpaired) electrons. The molecule has 1 unspecified atom stereocenters. The zero-order valence-electron chi connectivity index (χ0n) is 10.3. The fourth-order valence-corrected chi connectivity index (χ4v) is 1.56. The molecule has 0 fully saturated rings. The second-order valence-corrected chi connectivity index (χ2v) is 4.00. The first kappa shape index (κ1) is 13.1. The third kappa shape index (κ3) is 5.83. The third-order valence-corrected chi connectivity index (χ3v) is 2.52. The van der Waals surface area contributed by atoms with Gasteiger partial charge in [-0.25, -0.2) is 0 Å². The number of rotatable bonds is 8. The molecule has 0 aliphatic carbocycles. The Hall–Kier alpha value is -0.930. The molecule has 0 saturated heterocycles. The smallest absolute Gasteiger partial charge is 0.0547 e. The number of hydrogen-bond acceptors (Lipinski definition) is 3. The van der Waals surface area contributed by atoms with Gasteiger partial charge in [0.1, 0.15) is 0 Å². The Kier molecular flexibility index (Phi) is 6.77. The second-order valence-electron chi connectivity index (χ2n) is 4.00. The van der Waals surface area contributed by atoms with Crippen LogP contribution < -0.4 is 5.32 Å². The van der Waals surface area contributed by atoms with Crippen molar-refractivity contribution in [2.24, 2.45) is 0 Å². The van der Waals surface area contributed by atoms with Crippen molar-refractivity contribution in [1.29, 1.82) is 0 Å². The van der Waals surface area contributed by atoms with Crippen molar-refractivity contribution in [1.82, 2.24) is 10.3 Å². The van der Waals surface area contributed by atoms with Gasteiger partial charge in [0.2, 0.25) is 0 Å². The topological polar surface area (TPSA) is 34.1 Å². The number of nitrogens with zero attached hydrogens (tertiary/aromatic N) is 1. The van der Waals surface area contributed by atoms with Crippen molar-refractivity contribution in [3.63, 3.8) is 0 Å². The summed E-state index contributed by atoms with van der Waals surface area (Å²) in [5.74, 6) is 0. The van der Waals surface area contributed by atoms with Gasteiger partial charge in [-0.3, -0.25) is 4.98 Å². The average Bonchev–Trinajstić information content (AvgIpc) is 2.31. The van der Waals surface area contributed by atoms with Crippen LogP contribution in [0.25, 0.3) is 0 Å². The molecule has 0 saturated carbocycles. The lowest BCUT2D eigenvalue weighted by atomic mass is 10.2. The van der Waals surface area contributed by atoms with Gasteiger partial charge in [-0.1, -0.05) is 6.07 Å². The minimum Gasteiger partial charge on any atom is -0.378 e. The van der Waals surface area contributed by atoms with Crippen LogP contribution in [0.4, 0.5) is 0 Å². The molecule has 3 heteroatoms. The molecule has 16 heavy (non-hydrogen) atoms. The zero-order valence-corrected chi connectivity index (χ0v) is 10.3. The van der Waals surface area contributed by atoms with E-state index < -0.39 is 0 Å². The number of ether oxygens (including phenoxy) is 1. The molecule has 0 spiro atoms. The SMILES string of the molecule is CNCCCC(C)OCCc1ccccn1. The summed E-state index contributed by atoms with van der Waals surface area (Å²) >= 11 is 0. The van der Waals surface area contributed by atoms with Crippen molar-refractivity contribution in [2.45, 2.75) is 32.3 Å². The molecule has 1 atom stereocenters. The molecule has 1 aromatic rings. The highest BCUT2D eigenvalue weighted by Crippen LogP contribution is 2.02. The zero-order chi connectivity index (χ0) is 11.6. The maximum Gasteiger partial charge on any atom is 0.0547 e. The van der Waals surface area contributed by atoms with E-state index in [2.05, 4.69) is 17.2 Å². The fourth-order valence-electron chi connectivity index (χ4n) is 1.56. The summed E-state index contributed by atoms with van der Waals surface area (Å²) in [6, 6.07) is 5.98. The van der Waals surface area contributed by atoms with Crippen molar-refractivity contribution >= 4 is 0 Å². The first-order chi connectivity index (χ1) is 7.83. The van der Waals surface area contributed by atoms with Gasteiger partial charge in [0.15, 0.2) is 0 Å². The highest BCUT2D eigenvalue weighted by Gasteiger charge is 2.01. The van der Waals surface area contributed by atoms with Gasteiger partial charge in [0.25, 0.3) is 0 Å². The lowest BCUT2D eigenvalue weighted by Crippen LogP contribution is -2.14. The van der Waals surface area contributed by atoms with E-state index in [1.807, 2.05) is 31.4 Å². The van der Waals surface area contributed by atoms with Gasteiger partial charge in [-0.15, -0.1) is 0 Å². The predicted molar refractivity (Wildman–Crippen MR) is 66.5 cm³/mol. The van der Waals surface area contributed by atoms with Gasteiger partial charge in [-0.05, 0) is 45.5 Å². The first-order valence-electron chi connectivity index (χ1n) is 5.99. The van der Waals surface area contributed by atoms with Crippen molar-refractivity contribution in [3.8, 4) is 0 Å². The number of aromatic nitrogens is 1. The van der Waals surface area contributed by atoms with Gasteiger partial charge < -0.3 is 10.1 Å². The van der Waals surface area contributed by atoms with Crippen LogP contribution in [0.5, 0.6) is 0 Å². The van der Waals surface area contributed by atoms with E-state index in [0.717, 1.165) is 31.7 Å². The summed E-state index contributed by atoms with van der Waals surface area (Å²) in [6.07, 6.45) is 5.35. The van der Waals surface area contributed by atoms with Crippen LogP contribution in [0.2, 0.25) is 0 Å². The first-order valence-corrected chi connectivity index (χ1v) is 5.99. The largest absolute Gasteiger partial charge is 0.378 e. The summed E-state index contributed by atoms with van der Waals surface area (Å²) in [5, 5.41) is 3.14. The van der Waals surface area contributed by atoms with E-state index in [9.17, 15) is 0 Å². The quantitative estimate of drug-likeness (QED) is 0.683. The third-order valence-electron chi connectivity index (χ3n) is 2.52. The molecule has 3 nitrogen and oxygen atoms in total. The standard InChI is InChI=1S/C13H22N2O/c1-12(6-5-9-14-2)16-11-8-13-7-3-4-10-15-13/h3-4,7,10,12,14H,5-6,8-9,11H2,1-2H3. The number of pyridine rings is 1. The van der Waals surface area contributed by atoms with Crippen LogP contribution in [0.1, 0.15) is 25.5 Å². The van der Waals surface area contributed by atoms with Crippen LogP contribution in [-0.2, 0) is 11.2 Å². The summed E-state index contributed by atoms with van der Waals surface area (Å²) in [6.45, 7) is 3.96. The maximum absolute atomic E-state index is 5.72. The Morgan fingerprint density at radius 3 is 3.00 bits per heavy atom. The van der Waals surface area contributed by atoms with Gasteiger partial charge >= 0.3 is 0 Å². The molecule has 1 rings (SSSR count). The normalized spacial score (nSPS) is 12.6. The molecule has 1 aromatic heterocycles. The molecular formula is C13H22N2O. The van der Waals surface area contributed by atoms with Crippen LogP contribution >= 0.6 is 0 Å². The van der Waals surface area contributed by atoms with E-state index in [4.69, 9.17) is 4.74 Å². The van der Waals surface area contributed by atoms with Crippen molar-refractivity contribution < 1.29 is 4.74 Å². The number of nitrogens with one attached hydrogen (secondary N) is 1. The lowest BCUT2D eigenvalue weighted by molar-refractivity contribution is 0.0609. The van der Waals surface area contributed by atoms with E-state index in [-0.39, 0.29) is 0 Å². The summed E-state index contributed by atoms with van der Waals surface area (Å²) < 4.78 is 5.72. The Balaban J connectivity index is 2.06. The molecule has 1 N–H and O–H groups in total. The Bertz CT molecular complexity index is 264. The second kappa shape index (κ2) is 8.25. The Labute approximate surface area is 98.2 Å². The van der Waals surface area contributed by atoms with Crippen LogP contribution in [-0.4, -0.2) is 31.3 Å². The average molecular weight is 222 g/mol. The minimum absolute atomic E-state index is 0.345. The Morgan fingerprint density at radius 1 is 1.44 bits per heavy atom. The van der Waals surface area contributed by atoms with Crippen LogP contribution in [0.15, 0.2) is 24.4 Å². The molecule has 0 bridgehead atoms. The van der Waals surface area contributed by atoms with E-state index >= 15 is 0 Å². The van der Waals surface area contributed by atoms with E-state index in [0.29, 0.717) is 6.10 Å². The molecule has 0 aliphatic heterocycles. The molecule has 90 valence electrons. The fraction of sp³-hybridized carbons (Fsp3) is 0.615. The summed E-state index contributed by atoms with van der Waals surface area (Å²) in [5.41, 5.74) is 1.10. The van der Waals surface area contributed by atoms with Crippen molar-refractivity contribution in [2.75, 3.05) is 20.2 Å². The lowest BCUT2D eigenvalue weighted by Gasteiger charge is -2.12. The molecular weight excluding hydrogens is 200 g/mol. The molecule has 0 amide bonds. The molecule has 1 heterocycles. The van der Waals surface area contributed by atoms with Gasteiger partial charge in [0, 0.05) is 18.3 Å². The Morgan fingerprint density at radius 2 is 2.31 bits per heavy atom. The highest BCUT2D eigenvalue weighted by molar-refractivity contribution is 5.03. The predicted octanol–water partition coefficient (Wildman–Crippen LogP) is 2.03. The molecule has 0 aliphatic rings. The van der Waals surface area contributed by atoms with Crippen molar-refractivity contribution in [3.05, 3.63) is 30.1 Å². The van der Waals surface area contributed by atoms with Gasteiger partial charge in [0.05, 0.1) is 12.7 Å². The minimum atomic E-state index is 0.345. The van der Waals surface area contributed by atoms with Gasteiger partial charge in [-0.2, -0.15) is 0 Å². The monoisotopic (exact) mass is 222 g/mol. The highest BCUT2D eigenvalue weighted by atomic mass is 16.5. The summed E-state index contributed by atoms with van der Waals surface area (Å²) in [7, 11) is 1.98. The molecule has 0 aromatic carbocycles. The van der Waals surface area contributed by atoms with E-state index in [1.165, 1.54) is 6.42 Å². The maximum atomic E-state index is 5.72. The van der Waals surface area contributed by atoms with E-state index in [1.54, 1.807) is 0 Å². The number of hydrogen-bond donors (Lipinski definition) is 1. The van der Waals surface area contributed by atoms with Crippen LogP contribution in [0, 0.1) is 0 Å². The van der Waals surface area contributed by atoms with Crippen LogP contribution in [0.3, 0.4) is 0 Å².